The molecular weight excluding hydrogens is 306 g/mol. The summed E-state index contributed by atoms with van der Waals surface area (Å²) in [5.74, 6) is 1.50. The van der Waals surface area contributed by atoms with Gasteiger partial charge in [0.1, 0.15) is 11.9 Å². The summed E-state index contributed by atoms with van der Waals surface area (Å²) in [7, 11) is 0. The molecule has 22 heavy (non-hydrogen) atoms. The number of ether oxygens (including phenoxy) is 1. The molecule has 2 heterocycles. The van der Waals surface area contributed by atoms with E-state index in [1.165, 1.54) is 0 Å². The summed E-state index contributed by atoms with van der Waals surface area (Å²) in [5, 5.41) is 7.01. The van der Waals surface area contributed by atoms with E-state index in [9.17, 15) is 4.79 Å². The van der Waals surface area contributed by atoms with Crippen molar-refractivity contribution >= 4 is 29.0 Å². The normalized spacial score (nSPS) is 16.9. The zero-order chi connectivity index (χ0) is 15.7. The number of nitrogens with one attached hydrogen (secondary N) is 1. The number of nitrogens with zero attached hydrogens (tertiary/aromatic N) is 2. The van der Waals surface area contributed by atoms with Crippen molar-refractivity contribution < 1.29 is 14.1 Å². The van der Waals surface area contributed by atoms with Crippen LogP contribution in [0.25, 0.3) is 0 Å². The molecule has 1 aliphatic rings. The Hall–Kier alpha value is -2.21. The molecule has 0 bridgehead atoms. The molecule has 1 aromatic heterocycles. The Morgan fingerprint density at radius 3 is 3.09 bits per heavy atom. The Bertz CT molecular complexity index is 701. The molecule has 0 aliphatic carbocycles. The molecule has 0 saturated carbocycles. The smallest absolute Gasteiger partial charge is 0.245 e. The van der Waals surface area contributed by atoms with Crippen molar-refractivity contribution in [3.63, 3.8) is 0 Å². The number of hydrogen-bond acceptors (Lipinski definition) is 5. The van der Waals surface area contributed by atoms with Crippen LogP contribution in [-0.4, -0.2) is 30.3 Å². The molecule has 7 heteroatoms. The van der Waals surface area contributed by atoms with Gasteiger partial charge in [0.05, 0.1) is 23.8 Å². The molecule has 2 aromatic rings. The maximum Gasteiger partial charge on any atom is 0.245 e. The number of halogens is 1. The van der Waals surface area contributed by atoms with Gasteiger partial charge in [0.2, 0.25) is 5.91 Å². The zero-order valence-electron chi connectivity index (χ0n) is 12.3. The van der Waals surface area contributed by atoms with Crippen molar-refractivity contribution in [1.29, 1.82) is 0 Å². The second kappa shape index (κ2) is 5.88. The molecule has 0 fully saturated rings. The SMILES string of the molecule is Cc1cc(NC(=O)CN2C[C@H](C)Oc3c(Cl)cccc32)no1. The lowest BCUT2D eigenvalue weighted by atomic mass is 10.2. The van der Waals surface area contributed by atoms with Gasteiger partial charge in [-0.1, -0.05) is 22.8 Å². The van der Waals surface area contributed by atoms with Crippen molar-refractivity contribution in [2.45, 2.75) is 20.0 Å². The second-order valence-corrected chi connectivity index (χ2v) is 5.68. The predicted molar refractivity (Wildman–Crippen MR) is 83.6 cm³/mol. The summed E-state index contributed by atoms with van der Waals surface area (Å²) in [6, 6.07) is 7.17. The minimum atomic E-state index is -0.173. The zero-order valence-corrected chi connectivity index (χ0v) is 13.1. The van der Waals surface area contributed by atoms with E-state index in [1.807, 2.05) is 24.0 Å². The summed E-state index contributed by atoms with van der Waals surface area (Å²) in [6.07, 6.45) is -0.0468. The quantitative estimate of drug-likeness (QED) is 0.941. The van der Waals surface area contributed by atoms with Crippen LogP contribution in [0.5, 0.6) is 5.75 Å². The van der Waals surface area contributed by atoms with Crippen LogP contribution >= 0.6 is 11.6 Å². The number of carbonyl (C=O) groups is 1. The van der Waals surface area contributed by atoms with Gasteiger partial charge in [-0.2, -0.15) is 0 Å². The highest BCUT2D eigenvalue weighted by Crippen LogP contribution is 2.39. The number of anilines is 2. The highest BCUT2D eigenvalue weighted by molar-refractivity contribution is 6.32. The molecule has 0 spiro atoms. The van der Waals surface area contributed by atoms with Crippen LogP contribution in [0.3, 0.4) is 0 Å². The molecule has 0 unspecified atom stereocenters. The molecule has 116 valence electrons. The number of hydrogen-bond donors (Lipinski definition) is 1. The molecule has 1 aliphatic heterocycles. The van der Waals surface area contributed by atoms with Gasteiger partial charge in [0.15, 0.2) is 11.6 Å². The molecule has 1 atom stereocenters. The summed E-state index contributed by atoms with van der Waals surface area (Å²) in [6.45, 7) is 4.51. The number of fused-ring (bicyclic) bond motifs is 1. The third-order valence-electron chi connectivity index (χ3n) is 3.31. The van der Waals surface area contributed by atoms with Gasteiger partial charge in [-0.15, -0.1) is 0 Å². The maximum atomic E-state index is 12.2. The predicted octanol–water partition coefficient (Wildman–Crippen LogP) is 2.86. The summed E-state index contributed by atoms with van der Waals surface area (Å²) in [5.41, 5.74) is 0.817. The first-order valence-corrected chi connectivity index (χ1v) is 7.34. The Morgan fingerprint density at radius 1 is 1.55 bits per heavy atom. The minimum absolute atomic E-state index is 0.0468. The van der Waals surface area contributed by atoms with E-state index in [4.69, 9.17) is 20.9 Å². The van der Waals surface area contributed by atoms with Gasteiger partial charge < -0.3 is 19.5 Å². The average Bonchev–Trinajstić information content (AvgIpc) is 2.85. The van der Waals surface area contributed by atoms with E-state index in [0.29, 0.717) is 28.9 Å². The first-order chi connectivity index (χ1) is 10.5. The lowest BCUT2D eigenvalue weighted by Crippen LogP contribution is -2.42. The number of aromatic nitrogens is 1. The fourth-order valence-corrected chi connectivity index (χ4v) is 2.66. The monoisotopic (exact) mass is 321 g/mol. The highest BCUT2D eigenvalue weighted by Gasteiger charge is 2.26. The van der Waals surface area contributed by atoms with Crippen molar-refractivity contribution in [1.82, 2.24) is 5.16 Å². The first kappa shape index (κ1) is 14.7. The van der Waals surface area contributed by atoms with E-state index in [0.717, 1.165) is 5.69 Å². The second-order valence-electron chi connectivity index (χ2n) is 5.27. The Kier molecular flexibility index (Phi) is 3.94. The van der Waals surface area contributed by atoms with Crippen LogP contribution < -0.4 is 15.0 Å². The molecule has 0 radical (unpaired) electrons. The van der Waals surface area contributed by atoms with Crippen molar-refractivity contribution in [2.75, 3.05) is 23.3 Å². The lowest BCUT2D eigenvalue weighted by molar-refractivity contribution is -0.115. The fraction of sp³-hybridized carbons (Fsp3) is 0.333. The average molecular weight is 322 g/mol. The van der Waals surface area contributed by atoms with Crippen LogP contribution in [0.1, 0.15) is 12.7 Å². The number of amides is 1. The van der Waals surface area contributed by atoms with Crippen LogP contribution in [0, 0.1) is 6.92 Å². The van der Waals surface area contributed by atoms with Gasteiger partial charge in [0.25, 0.3) is 0 Å². The fourth-order valence-electron chi connectivity index (χ4n) is 2.44. The van der Waals surface area contributed by atoms with Gasteiger partial charge in [-0.3, -0.25) is 4.79 Å². The third kappa shape index (κ3) is 3.01. The molecule has 1 aromatic carbocycles. The van der Waals surface area contributed by atoms with Crippen LogP contribution in [0.2, 0.25) is 5.02 Å². The molecule has 3 rings (SSSR count). The van der Waals surface area contributed by atoms with Crippen LogP contribution in [-0.2, 0) is 4.79 Å². The molecule has 6 nitrogen and oxygen atoms in total. The van der Waals surface area contributed by atoms with E-state index in [-0.39, 0.29) is 18.6 Å². The number of rotatable bonds is 3. The third-order valence-corrected chi connectivity index (χ3v) is 3.61. The Labute approximate surface area is 133 Å². The summed E-state index contributed by atoms with van der Waals surface area (Å²) in [4.78, 5) is 14.1. The van der Waals surface area contributed by atoms with Crippen molar-refractivity contribution in [3.8, 4) is 5.75 Å². The minimum Gasteiger partial charge on any atom is -0.485 e. The topological polar surface area (TPSA) is 67.6 Å². The van der Waals surface area contributed by atoms with Crippen LogP contribution in [0.15, 0.2) is 28.8 Å². The summed E-state index contributed by atoms with van der Waals surface area (Å²) >= 11 is 6.17. The molecule has 0 saturated heterocycles. The van der Waals surface area contributed by atoms with Crippen molar-refractivity contribution in [2.24, 2.45) is 0 Å². The molecule has 1 N–H and O–H groups in total. The van der Waals surface area contributed by atoms with Gasteiger partial charge in [-0.05, 0) is 26.0 Å². The molecular formula is C15H16ClN3O3. The van der Waals surface area contributed by atoms with E-state index >= 15 is 0 Å². The Morgan fingerprint density at radius 2 is 2.36 bits per heavy atom. The highest BCUT2D eigenvalue weighted by atomic mass is 35.5. The van der Waals surface area contributed by atoms with Gasteiger partial charge in [-0.25, -0.2) is 0 Å². The van der Waals surface area contributed by atoms with Gasteiger partial charge >= 0.3 is 0 Å². The summed E-state index contributed by atoms with van der Waals surface area (Å²) < 4.78 is 10.7. The number of benzene rings is 1. The van der Waals surface area contributed by atoms with E-state index in [2.05, 4.69) is 10.5 Å². The standard InChI is InChI=1S/C15H16ClN3O3/c1-9-6-13(18-22-9)17-14(20)8-19-7-10(2)21-15-11(16)4-3-5-12(15)19/h3-6,10H,7-8H2,1-2H3,(H,17,18,20)/t10-/m0/s1. The molecule has 1 amide bonds. The number of para-hydroxylation sites is 1. The van der Waals surface area contributed by atoms with Crippen LogP contribution in [0.4, 0.5) is 11.5 Å². The van der Waals surface area contributed by atoms with Crippen molar-refractivity contribution in [3.05, 3.63) is 35.0 Å². The largest absolute Gasteiger partial charge is 0.485 e. The number of aryl methyl sites for hydroxylation is 1. The van der Waals surface area contributed by atoms with Gasteiger partial charge in [0, 0.05) is 6.07 Å². The maximum absolute atomic E-state index is 12.2. The van der Waals surface area contributed by atoms with E-state index in [1.54, 1.807) is 19.1 Å². The van der Waals surface area contributed by atoms with E-state index < -0.39 is 0 Å². The Balaban J connectivity index is 1.75. The first-order valence-electron chi connectivity index (χ1n) is 6.96. The lowest BCUT2D eigenvalue weighted by Gasteiger charge is -2.34. The number of carbonyl (C=O) groups excluding carboxylic acids is 1.